The molecule has 0 aliphatic carbocycles. The molecule has 0 spiro atoms. The van der Waals surface area contributed by atoms with E-state index in [9.17, 15) is 4.79 Å². The van der Waals surface area contributed by atoms with Gasteiger partial charge in [-0.1, -0.05) is 39.8 Å². The third kappa shape index (κ3) is 3.42. The smallest absolute Gasteiger partial charge is 0.165 e. The molecule has 0 heterocycles. The number of carbonyl (C=O) groups excluding carboxylic acids is 1. The second-order valence-electron chi connectivity index (χ2n) is 5.72. The van der Waals surface area contributed by atoms with Crippen molar-refractivity contribution in [3.05, 3.63) is 34.4 Å². The topological polar surface area (TPSA) is 17.1 Å². The van der Waals surface area contributed by atoms with Gasteiger partial charge >= 0.3 is 0 Å². The molecule has 1 nitrogen and oxygen atoms in total. The fourth-order valence-corrected chi connectivity index (χ4v) is 2.32. The van der Waals surface area contributed by atoms with Gasteiger partial charge in [0.1, 0.15) is 0 Å². The number of ketones is 1. The minimum atomic E-state index is 0.0725. The Labute approximate surface area is 105 Å². The van der Waals surface area contributed by atoms with Gasteiger partial charge in [0.25, 0.3) is 0 Å². The zero-order chi connectivity index (χ0) is 13.2. The van der Waals surface area contributed by atoms with Gasteiger partial charge in [0.05, 0.1) is 0 Å². The molecule has 1 aromatic rings. The molecular weight excluding hydrogens is 208 g/mol. The highest BCUT2D eigenvalue weighted by Gasteiger charge is 2.16. The first-order valence-corrected chi connectivity index (χ1v) is 6.47. The Kier molecular flexibility index (Phi) is 4.50. The Morgan fingerprint density at radius 2 is 1.53 bits per heavy atom. The van der Waals surface area contributed by atoms with Crippen LogP contribution in [0.15, 0.2) is 12.1 Å². The minimum Gasteiger partial charge on any atom is -0.294 e. The van der Waals surface area contributed by atoms with Crippen LogP contribution in [0, 0.1) is 25.7 Å². The monoisotopic (exact) mass is 232 g/mol. The molecule has 0 saturated heterocycles. The minimum absolute atomic E-state index is 0.0725. The number of benzene rings is 1. The molecule has 0 aromatic heterocycles. The molecule has 1 aromatic carbocycles. The molecule has 0 atom stereocenters. The second kappa shape index (κ2) is 5.48. The second-order valence-corrected chi connectivity index (χ2v) is 5.72. The molecule has 0 aliphatic heterocycles. The van der Waals surface area contributed by atoms with E-state index >= 15 is 0 Å². The molecule has 0 saturated carbocycles. The van der Waals surface area contributed by atoms with Gasteiger partial charge in [-0.05, 0) is 42.9 Å². The summed E-state index contributed by atoms with van der Waals surface area (Å²) in [5, 5.41) is 0. The third-order valence-corrected chi connectivity index (χ3v) is 3.01. The Bertz CT molecular complexity index is 391. The van der Waals surface area contributed by atoms with Crippen molar-refractivity contribution < 1.29 is 4.79 Å². The van der Waals surface area contributed by atoms with Gasteiger partial charge in [-0.3, -0.25) is 4.79 Å². The van der Waals surface area contributed by atoms with Gasteiger partial charge in [0.15, 0.2) is 5.78 Å². The van der Waals surface area contributed by atoms with Crippen LogP contribution in [-0.4, -0.2) is 5.78 Å². The lowest BCUT2D eigenvalue weighted by Crippen LogP contribution is -2.12. The van der Waals surface area contributed by atoms with Crippen molar-refractivity contribution in [2.24, 2.45) is 11.8 Å². The number of hydrogen-bond acceptors (Lipinski definition) is 1. The first-order valence-electron chi connectivity index (χ1n) is 6.47. The fourth-order valence-electron chi connectivity index (χ4n) is 2.32. The lowest BCUT2D eigenvalue weighted by atomic mass is 9.89. The predicted octanol–water partition coefficient (Wildman–Crippen LogP) is 4.34. The van der Waals surface area contributed by atoms with Crippen molar-refractivity contribution in [3.63, 3.8) is 0 Å². The molecule has 0 unspecified atom stereocenters. The summed E-state index contributed by atoms with van der Waals surface area (Å²) in [5.41, 5.74) is 4.52. The highest BCUT2D eigenvalue weighted by Crippen LogP contribution is 2.21. The number of rotatable bonds is 4. The van der Waals surface area contributed by atoms with E-state index in [1.165, 1.54) is 5.56 Å². The van der Waals surface area contributed by atoms with E-state index in [0.29, 0.717) is 5.92 Å². The molecule has 0 N–H and O–H groups in total. The first-order chi connectivity index (χ1) is 7.82. The van der Waals surface area contributed by atoms with Gasteiger partial charge in [0, 0.05) is 11.5 Å². The molecular formula is C16H24O. The first kappa shape index (κ1) is 14.0. The van der Waals surface area contributed by atoms with Crippen molar-refractivity contribution in [2.45, 2.75) is 48.0 Å². The largest absolute Gasteiger partial charge is 0.294 e. The van der Waals surface area contributed by atoms with Gasteiger partial charge < -0.3 is 0 Å². The zero-order valence-electron chi connectivity index (χ0n) is 11.9. The van der Waals surface area contributed by atoms with Crippen molar-refractivity contribution >= 4 is 5.78 Å². The Morgan fingerprint density at radius 1 is 1.06 bits per heavy atom. The van der Waals surface area contributed by atoms with Crippen LogP contribution in [-0.2, 0) is 6.42 Å². The van der Waals surface area contributed by atoms with Gasteiger partial charge in [-0.15, -0.1) is 0 Å². The highest BCUT2D eigenvalue weighted by atomic mass is 16.1. The van der Waals surface area contributed by atoms with Crippen LogP contribution in [0.5, 0.6) is 0 Å². The van der Waals surface area contributed by atoms with Gasteiger partial charge in [0.2, 0.25) is 0 Å². The SMILES string of the molecule is Cc1cc(CC(C)C)cc(C)c1C(=O)C(C)C. The summed E-state index contributed by atoms with van der Waals surface area (Å²) in [4.78, 5) is 12.1. The Morgan fingerprint density at radius 3 is 1.88 bits per heavy atom. The molecule has 0 bridgehead atoms. The van der Waals surface area contributed by atoms with E-state index in [-0.39, 0.29) is 11.7 Å². The summed E-state index contributed by atoms with van der Waals surface area (Å²) >= 11 is 0. The number of aryl methyl sites for hydroxylation is 2. The molecule has 94 valence electrons. The summed E-state index contributed by atoms with van der Waals surface area (Å²) in [5.74, 6) is 0.986. The molecule has 0 radical (unpaired) electrons. The van der Waals surface area contributed by atoms with E-state index in [1.807, 2.05) is 27.7 Å². The van der Waals surface area contributed by atoms with Crippen LogP contribution in [0.2, 0.25) is 0 Å². The van der Waals surface area contributed by atoms with E-state index in [4.69, 9.17) is 0 Å². The third-order valence-electron chi connectivity index (χ3n) is 3.01. The normalized spacial score (nSPS) is 11.3. The van der Waals surface area contributed by atoms with Crippen LogP contribution in [0.4, 0.5) is 0 Å². The van der Waals surface area contributed by atoms with Crippen LogP contribution >= 0.6 is 0 Å². The number of carbonyl (C=O) groups is 1. The quantitative estimate of drug-likeness (QED) is 0.706. The average molecular weight is 232 g/mol. The van der Waals surface area contributed by atoms with Crippen molar-refractivity contribution in [2.75, 3.05) is 0 Å². The summed E-state index contributed by atoms with van der Waals surface area (Å²) in [6.45, 7) is 12.5. The van der Waals surface area contributed by atoms with Crippen LogP contribution < -0.4 is 0 Å². The van der Waals surface area contributed by atoms with E-state index in [1.54, 1.807) is 0 Å². The van der Waals surface area contributed by atoms with E-state index in [2.05, 4.69) is 26.0 Å². The molecule has 0 fully saturated rings. The standard InChI is InChI=1S/C16H24O/c1-10(2)7-14-8-12(5)15(13(6)9-14)16(17)11(3)4/h8-11H,7H2,1-6H3. The number of hydrogen-bond donors (Lipinski definition) is 0. The maximum absolute atomic E-state index is 12.1. The van der Waals surface area contributed by atoms with Crippen molar-refractivity contribution in [1.82, 2.24) is 0 Å². The van der Waals surface area contributed by atoms with Crippen LogP contribution in [0.25, 0.3) is 0 Å². The lowest BCUT2D eigenvalue weighted by Gasteiger charge is -2.14. The van der Waals surface area contributed by atoms with Crippen molar-refractivity contribution in [3.8, 4) is 0 Å². The zero-order valence-corrected chi connectivity index (χ0v) is 11.9. The van der Waals surface area contributed by atoms with E-state index < -0.39 is 0 Å². The van der Waals surface area contributed by atoms with Crippen LogP contribution in [0.1, 0.15) is 54.7 Å². The molecule has 0 amide bonds. The van der Waals surface area contributed by atoms with Crippen LogP contribution in [0.3, 0.4) is 0 Å². The predicted molar refractivity (Wildman–Crippen MR) is 73.6 cm³/mol. The molecule has 0 aliphatic rings. The van der Waals surface area contributed by atoms with Gasteiger partial charge in [-0.2, -0.15) is 0 Å². The maximum atomic E-state index is 12.1. The average Bonchev–Trinajstić information content (AvgIpc) is 2.14. The Balaban J connectivity index is 3.15. The number of Topliss-reactive ketones (excluding diaryl/α,β-unsaturated/α-hetero) is 1. The summed E-state index contributed by atoms with van der Waals surface area (Å²) in [6.07, 6.45) is 1.08. The molecule has 17 heavy (non-hydrogen) atoms. The summed E-state index contributed by atoms with van der Waals surface area (Å²) < 4.78 is 0. The highest BCUT2D eigenvalue weighted by molar-refractivity contribution is 6.00. The fraction of sp³-hybridized carbons (Fsp3) is 0.562. The van der Waals surface area contributed by atoms with Gasteiger partial charge in [-0.25, -0.2) is 0 Å². The van der Waals surface area contributed by atoms with Crippen molar-refractivity contribution in [1.29, 1.82) is 0 Å². The summed E-state index contributed by atoms with van der Waals surface area (Å²) in [6, 6.07) is 4.34. The maximum Gasteiger partial charge on any atom is 0.165 e. The molecule has 1 rings (SSSR count). The summed E-state index contributed by atoms with van der Waals surface area (Å²) in [7, 11) is 0. The molecule has 1 heteroatoms. The van der Waals surface area contributed by atoms with E-state index in [0.717, 1.165) is 23.1 Å². The lowest BCUT2D eigenvalue weighted by molar-refractivity contribution is 0.0938. The Hall–Kier alpha value is -1.11.